The Bertz CT molecular complexity index is 212. The molecule has 0 aliphatic carbocycles. The van der Waals surface area contributed by atoms with Gasteiger partial charge >= 0.3 is 11.4 Å². The van der Waals surface area contributed by atoms with Crippen molar-refractivity contribution in [3.05, 3.63) is 0 Å². The molecule has 0 aromatic rings. The summed E-state index contributed by atoms with van der Waals surface area (Å²) in [7, 11) is 0. The number of terminal acetylenes is 2. The van der Waals surface area contributed by atoms with Gasteiger partial charge in [-0.25, -0.2) is 0 Å². The Morgan fingerprint density at radius 3 is 1.75 bits per heavy atom. The lowest BCUT2D eigenvalue weighted by atomic mass is 10.4. The first-order valence-electron chi connectivity index (χ1n) is 3.28. The third kappa shape index (κ3) is 4.92. The summed E-state index contributed by atoms with van der Waals surface area (Å²) in [6, 6.07) is 0. The minimum absolute atomic E-state index is 0.546. The molecule has 2 atom stereocenters. The third-order valence-corrected chi connectivity index (χ3v) is 1.81. The molecule has 0 spiro atoms. The highest BCUT2D eigenvalue weighted by molar-refractivity contribution is 7.75. The fourth-order valence-electron chi connectivity index (χ4n) is 0.314. The van der Waals surface area contributed by atoms with Crippen LogP contribution in [-0.2, 0) is 19.7 Å². The van der Waals surface area contributed by atoms with Gasteiger partial charge in [-0.2, -0.15) is 4.21 Å². The first-order valence-corrected chi connectivity index (χ1v) is 4.28. The molecule has 4 heteroatoms. The van der Waals surface area contributed by atoms with E-state index in [1.807, 2.05) is 0 Å². The second-order valence-electron chi connectivity index (χ2n) is 2.01. The number of rotatable bonds is 4. The molecule has 0 fully saturated rings. The van der Waals surface area contributed by atoms with Crippen LogP contribution in [0.1, 0.15) is 13.8 Å². The average Bonchev–Trinajstić information content (AvgIpc) is 2.03. The molecule has 12 heavy (non-hydrogen) atoms. The van der Waals surface area contributed by atoms with Crippen molar-refractivity contribution in [1.29, 1.82) is 0 Å². The Morgan fingerprint density at radius 2 is 1.50 bits per heavy atom. The minimum atomic E-state index is -1.86. The summed E-state index contributed by atoms with van der Waals surface area (Å²) in [5.74, 6) is 4.48. The largest absolute Gasteiger partial charge is 0.307 e. The van der Waals surface area contributed by atoms with Gasteiger partial charge in [0, 0.05) is 0 Å². The zero-order valence-electron chi connectivity index (χ0n) is 6.94. The van der Waals surface area contributed by atoms with Gasteiger partial charge in [0.15, 0.2) is 0 Å². The average molecular weight is 186 g/mol. The fourth-order valence-corrected chi connectivity index (χ4v) is 0.942. The fraction of sp³-hybridized carbons (Fsp3) is 0.500. The first kappa shape index (κ1) is 11.2. The van der Waals surface area contributed by atoms with Crippen molar-refractivity contribution in [3.8, 4) is 24.7 Å². The summed E-state index contributed by atoms with van der Waals surface area (Å²) < 4.78 is 20.2. The Morgan fingerprint density at radius 1 is 1.17 bits per heavy atom. The molecular weight excluding hydrogens is 176 g/mol. The van der Waals surface area contributed by atoms with Gasteiger partial charge in [-0.1, -0.05) is 11.8 Å². The second-order valence-corrected chi connectivity index (χ2v) is 2.81. The summed E-state index contributed by atoms with van der Waals surface area (Å²) in [5.41, 5.74) is 0. The lowest BCUT2D eigenvalue weighted by molar-refractivity contribution is 0.213. The lowest BCUT2D eigenvalue weighted by Gasteiger charge is -2.06. The molecule has 0 radical (unpaired) electrons. The van der Waals surface area contributed by atoms with Gasteiger partial charge < -0.3 is 0 Å². The van der Waals surface area contributed by atoms with Crippen LogP contribution in [0.3, 0.4) is 0 Å². The van der Waals surface area contributed by atoms with Crippen molar-refractivity contribution in [2.45, 2.75) is 26.1 Å². The molecule has 0 aliphatic rings. The first-order chi connectivity index (χ1) is 5.60. The molecule has 0 saturated carbocycles. The van der Waals surface area contributed by atoms with Crippen LogP contribution in [0.2, 0.25) is 0 Å². The van der Waals surface area contributed by atoms with E-state index >= 15 is 0 Å². The molecule has 3 nitrogen and oxygen atoms in total. The molecule has 0 bridgehead atoms. The topological polar surface area (TPSA) is 35.5 Å². The van der Waals surface area contributed by atoms with E-state index in [9.17, 15) is 4.21 Å². The van der Waals surface area contributed by atoms with Crippen molar-refractivity contribution in [3.63, 3.8) is 0 Å². The maximum absolute atomic E-state index is 10.9. The summed E-state index contributed by atoms with van der Waals surface area (Å²) >= 11 is -1.86. The van der Waals surface area contributed by atoms with Crippen LogP contribution in [0.25, 0.3) is 0 Å². The van der Waals surface area contributed by atoms with Crippen molar-refractivity contribution in [2.75, 3.05) is 0 Å². The molecule has 0 aromatic heterocycles. The van der Waals surface area contributed by atoms with Gasteiger partial charge in [-0.3, -0.25) is 8.37 Å². The molecule has 0 amide bonds. The van der Waals surface area contributed by atoms with Gasteiger partial charge in [-0.15, -0.1) is 12.8 Å². The van der Waals surface area contributed by atoms with E-state index in [0.29, 0.717) is 0 Å². The second kappa shape index (κ2) is 5.79. The Labute approximate surface area is 75.3 Å². The van der Waals surface area contributed by atoms with Crippen molar-refractivity contribution in [2.24, 2.45) is 0 Å². The maximum Gasteiger partial charge on any atom is 0.307 e. The minimum Gasteiger partial charge on any atom is -0.252 e. The summed E-state index contributed by atoms with van der Waals surface area (Å²) in [6.45, 7) is 3.17. The van der Waals surface area contributed by atoms with Crippen molar-refractivity contribution >= 4 is 11.4 Å². The predicted molar refractivity (Wildman–Crippen MR) is 46.9 cm³/mol. The monoisotopic (exact) mass is 186 g/mol. The highest BCUT2D eigenvalue weighted by Crippen LogP contribution is 1.99. The smallest absolute Gasteiger partial charge is 0.252 e. The van der Waals surface area contributed by atoms with Gasteiger partial charge in [0.1, 0.15) is 12.2 Å². The van der Waals surface area contributed by atoms with E-state index in [0.717, 1.165) is 0 Å². The molecule has 0 N–H and O–H groups in total. The summed E-state index contributed by atoms with van der Waals surface area (Å²) in [4.78, 5) is 0. The maximum atomic E-state index is 10.9. The highest BCUT2D eigenvalue weighted by Gasteiger charge is 2.08. The van der Waals surface area contributed by atoms with Crippen LogP contribution in [0.4, 0.5) is 0 Å². The van der Waals surface area contributed by atoms with Gasteiger partial charge in [0.05, 0.1) is 0 Å². The molecule has 0 aromatic carbocycles. The van der Waals surface area contributed by atoms with E-state index in [2.05, 4.69) is 11.8 Å². The quantitative estimate of drug-likeness (QED) is 0.604. The van der Waals surface area contributed by atoms with Crippen LogP contribution in [0, 0.1) is 24.7 Å². The number of hydrogen-bond acceptors (Lipinski definition) is 3. The van der Waals surface area contributed by atoms with E-state index in [1.54, 1.807) is 13.8 Å². The Hall–Kier alpha value is -0.810. The van der Waals surface area contributed by atoms with E-state index in [4.69, 9.17) is 21.2 Å². The molecule has 66 valence electrons. The van der Waals surface area contributed by atoms with Crippen LogP contribution in [-0.4, -0.2) is 16.4 Å². The Kier molecular flexibility index (Phi) is 5.40. The van der Waals surface area contributed by atoms with Gasteiger partial charge in [0.2, 0.25) is 0 Å². The summed E-state index contributed by atoms with van der Waals surface area (Å²) in [5, 5.41) is 0. The Balaban J connectivity index is 3.78. The van der Waals surface area contributed by atoms with Crippen LogP contribution < -0.4 is 0 Å². The number of hydrogen-bond donors (Lipinski definition) is 0. The molecule has 0 aliphatic heterocycles. The normalized spacial score (nSPS) is 17.0. The van der Waals surface area contributed by atoms with Crippen LogP contribution >= 0.6 is 0 Å². The third-order valence-electron chi connectivity index (χ3n) is 0.915. The molecule has 2 unspecified atom stereocenters. The summed E-state index contributed by atoms with van der Waals surface area (Å²) in [6.07, 6.45) is 8.87. The van der Waals surface area contributed by atoms with Crippen LogP contribution in [0.15, 0.2) is 0 Å². The SMILES string of the molecule is C#CC(C)OS(=O)OC(C)C#C. The molecular formula is C8H10O3S. The van der Waals surface area contributed by atoms with Crippen molar-refractivity contribution < 1.29 is 12.6 Å². The van der Waals surface area contributed by atoms with Crippen molar-refractivity contribution in [1.82, 2.24) is 0 Å². The standard InChI is InChI=1S/C8H10O3S/c1-5-7(3)10-12(9)11-8(4)6-2/h1-2,7-8H,3-4H3. The zero-order valence-corrected chi connectivity index (χ0v) is 7.76. The van der Waals surface area contributed by atoms with E-state index in [-0.39, 0.29) is 0 Å². The molecule has 0 heterocycles. The van der Waals surface area contributed by atoms with Gasteiger partial charge in [0.25, 0.3) is 0 Å². The zero-order chi connectivity index (χ0) is 9.56. The molecule has 0 rings (SSSR count). The lowest BCUT2D eigenvalue weighted by Crippen LogP contribution is -2.14. The van der Waals surface area contributed by atoms with Crippen LogP contribution in [0.5, 0.6) is 0 Å². The van der Waals surface area contributed by atoms with E-state index in [1.165, 1.54) is 0 Å². The van der Waals surface area contributed by atoms with Gasteiger partial charge in [-0.05, 0) is 13.8 Å². The molecule has 0 saturated heterocycles. The predicted octanol–water partition coefficient (Wildman–Crippen LogP) is 0.642. The van der Waals surface area contributed by atoms with E-state index < -0.39 is 23.6 Å². The highest BCUT2D eigenvalue weighted by atomic mass is 32.2.